The molecule has 0 aromatic carbocycles. The van der Waals surface area contributed by atoms with Crippen molar-refractivity contribution in [3.05, 3.63) is 134 Å². The molecule has 376 valence electrons. The summed E-state index contributed by atoms with van der Waals surface area (Å²) in [7, 11) is 0. The lowest BCUT2D eigenvalue weighted by atomic mass is 10.1. The van der Waals surface area contributed by atoms with Crippen molar-refractivity contribution in [2.45, 2.75) is 219 Å². The molecule has 0 fully saturated rings. The molecule has 0 saturated heterocycles. The normalized spacial score (nSPS) is 13.2. The third-order valence-corrected chi connectivity index (χ3v) is 10.8. The highest BCUT2D eigenvalue weighted by Crippen LogP contribution is 2.14. The van der Waals surface area contributed by atoms with E-state index >= 15 is 0 Å². The van der Waals surface area contributed by atoms with Crippen LogP contribution in [-0.2, 0) is 28.6 Å². The lowest BCUT2D eigenvalue weighted by molar-refractivity contribution is -0.167. The monoisotopic (exact) mass is 925 g/mol. The van der Waals surface area contributed by atoms with Gasteiger partial charge in [-0.05, 0) is 89.9 Å². The highest BCUT2D eigenvalue weighted by Gasteiger charge is 2.19. The maximum absolute atomic E-state index is 12.8. The van der Waals surface area contributed by atoms with Crippen LogP contribution in [0.5, 0.6) is 0 Å². The summed E-state index contributed by atoms with van der Waals surface area (Å²) in [6, 6.07) is 0. The maximum Gasteiger partial charge on any atom is 0.306 e. The van der Waals surface area contributed by atoms with E-state index in [-0.39, 0.29) is 31.1 Å². The van der Waals surface area contributed by atoms with Crippen molar-refractivity contribution in [2.75, 3.05) is 13.2 Å². The lowest BCUT2D eigenvalue weighted by Gasteiger charge is -2.18. The van der Waals surface area contributed by atoms with Crippen LogP contribution in [0.25, 0.3) is 0 Å². The van der Waals surface area contributed by atoms with Gasteiger partial charge in [0, 0.05) is 19.3 Å². The molecule has 0 aliphatic carbocycles. The Hall–Kier alpha value is -4.45. The third kappa shape index (κ3) is 52.4. The second-order valence-corrected chi connectivity index (χ2v) is 17.2. The van der Waals surface area contributed by atoms with Crippen LogP contribution in [0, 0.1) is 0 Å². The highest BCUT2D eigenvalue weighted by atomic mass is 16.6. The standard InChI is InChI=1S/C61H96O6/c1-4-7-10-13-16-19-22-25-28-30-33-36-39-42-45-48-51-54-60(63)66-57-58(56-65-59(62)53-50-47-44-41-38-35-32-27-24-21-18-15-12-9-6-3)67-61(64)55-52-49-46-43-40-37-34-31-29-26-23-20-17-14-11-8-5-2/h7,9-10,12-13,15-22,24-26,28-30,33,36,39,58H,4-6,8,11,14,23,27,31-32,34-35,37-38,40-57H2,1-3H3/b10-7-,12-9-,16-13-,18-15-,20-17-,22-19-,24-21-,28-25-,29-26-,33-30+,39-36-. The fraction of sp³-hybridized carbons (Fsp3) is 0.590. The summed E-state index contributed by atoms with van der Waals surface area (Å²) >= 11 is 0. The average molecular weight is 925 g/mol. The van der Waals surface area contributed by atoms with Gasteiger partial charge in [0.15, 0.2) is 6.10 Å². The van der Waals surface area contributed by atoms with Gasteiger partial charge in [-0.15, -0.1) is 0 Å². The Labute approximate surface area is 411 Å². The molecule has 0 aromatic rings. The lowest BCUT2D eigenvalue weighted by Crippen LogP contribution is -2.30. The van der Waals surface area contributed by atoms with Crippen LogP contribution in [0.3, 0.4) is 0 Å². The number of ether oxygens (including phenoxy) is 3. The van der Waals surface area contributed by atoms with Crippen LogP contribution in [0.4, 0.5) is 0 Å². The van der Waals surface area contributed by atoms with Gasteiger partial charge in [-0.3, -0.25) is 14.4 Å². The summed E-state index contributed by atoms with van der Waals surface area (Å²) in [6.45, 7) is 6.27. The topological polar surface area (TPSA) is 78.9 Å². The molecule has 0 bridgehead atoms. The molecule has 1 unspecified atom stereocenters. The quantitative estimate of drug-likeness (QED) is 0.0199. The first kappa shape index (κ1) is 62.5. The molecule has 0 N–H and O–H groups in total. The van der Waals surface area contributed by atoms with Crippen molar-refractivity contribution in [3.8, 4) is 0 Å². The molecule has 1 atom stereocenters. The molecule has 0 spiro atoms. The van der Waals surface area contributed by atoms with Crippen LogP contribution in [0.15, 0.2) is 134 Å². The maximum atomic E-state index is 12.8. The van der Waals surface area contributed by atoms with Gasteiger partial charge in [-0.25, -0.2) is 0 Å². The number of unbranched alkanes of at least 4 members (excludes halogenated alkanes) is 20. The van der Waals surface area contributed by atoms with Crippen LogP contribution < -0.4 is 0 Å². The van der Waals surface area contributed by atoms with E-state index < -0.39 is 6.10 Å². The van der Waals surface area contributed by atoms with Gasteiger partial charge < -0.3 is 14.2 Å². The number of hydrogen-bond donors (Lipinski definition) is 0. The van der Waals surface area contributed by atoms with E-state index in [1.54, 1.807) is 0 Å². The summed E-state index contributed by atoms with van der Waals surface area (Å²) in [5, 5.41) is 0. The number of hydrogen-bond acceptors (Lipinski definition) is 6. The molecule has 0 aliphatic heterocycles. The molecule has 67 heavy (non-hydrogen) atoms. The summed E-state index contributed by atoms with van der Waals surface area (Å²) in [4.78, 5) is 38.1. The van der Waals surface area contributed by atoms with Gasteiger partial charge in [-0.1, -0.05) is 238 Å². The Morgan fingerprint density at radius 3 is 1.04 bits per heavy atom. The molecule has 6 nitrogen and oxygen atoms in total. The first-order valence-corrected chi connectivity index (χ1v) is 26.8. The van der Waals surface area contributed by atoms with E-state index in [1.165, 1.54) is 77.0 Å². The van der Waals surface area contributed by atoms with E-state index in [0.29, 0.717) is 19.3 Å². The van der Waals surface area contributed by atoms with Gasteiger partial charge in [0.1, 0.15) is 13.2 Å². The number of carbonyl (C=O) groups is 3. The zero-order valence-corrected chi connectivity index (χ0v) is 42.9. The summed E-state index contributed by atoms with van der Waals surface area (Å²) in [6.07, 6.45) is 75.7. The largest absolute Gasteiger partial charge is 0.462 e. The van der Waals surface area contributed by atoms with Crippen LogP contribution in [0.1, 0.15) is 213 Å². The van der Waals surface area contributed by atoms with Crippen LogP contribution in [-0.4, -0.2) is 37.2 Å². The van der Waals surface area contributed by atoms with Crippen LogP contribution >= 0.6 is 0 Å². The molecule has 6 heteroatoms. The van der Waals surface area contributed by atoms with E-state index in [0.717, 1.165) is 96.3 Å². The van der Waals surface area contributed by atoms with E-state index in [9.17, 15) is 14.4 Å². The smallest absolute Gasteiger partial charge is 0.306 e. The number of carbonyl (C=O) groups excluding carboxylic acids is 3. The predicted molar refractivity (Wildman–Crippen MR) is 288 cm³/mol. The zero-order chi connectivity index (χ0) is 48.6. The Kier molecular flexibility index (Phi) is 50.6. The minimum Gasteiger partial charge on any atom is -0.462 e. The minimum atomic E-state index is -0.811. The fourth-order valence-corrected chi connectivity index (χ4v) is 6.86. The van der Waals surface area contributed by atoms with Crippen molar-refractivity contribution in [1.82, 2.24) is 0 Å². The predicted octanol–water partition coefficient (Wildman–Crippen LogP) is 17.9. The highest BCUT2D eigenvalue weighted by molar-refractivity contribution is 5.71. The van der Waals surface area contributed by atoms with Gasteiger partial charge in [0.25, 0.3) is 0 Å². The first-order chi connectivity index (χ1) is 33.0. The molecule has 0 rings (SSSR count). The third-order valence-electron chi connectivity index (χ3n) is 10.8. The number of esters is 3. The van der Waals surface area contributed by atoms with Gasteiger partial charge in [0.05, 0.1) is 0 Å². The Bertz CT molecular complexity index is 1480. The molecule has 0 aromatic heterocycles. The Morgan fingerprint density at radius 2 is 0.642 bits per heavy atom. The van der Waals surface area contributed by atoms with Crippen LogP contribution in [0.2, 0.25) is 0 Å². The SMILES string of the molecule is CC\C=C/C=C\C=C/C=C\C=C\C=C/CCCCCC(=O)OCC(COC(=O)CCCCCCCCC\C=C/C=C\C=C/CC)OC(=O)CCCCCCCCC/C=C\C/C=C\CCCCC. The molecule has 0 aliphatic rings. The molecule has 0 heterocycles. The molecular formula is C61H96O6. The molecule has 0 amide bonds. The molecule has 0 radical (unpaired) electrons. The van der Waals surface area contributed by atoms with Gasteiger partial charge >= 0.3 is 17.9 Å². The Morgan fingerprint density at radius 1 is 0.328 bits per heavy atom. The van der Waals surface area contributed by atoms with Crippen molar-refractivity contribution in [3.63, 3.8) is 0 Å². The molecule has 0 saturated carbocycles. The summed E-state index contributed by atoms with van der Waals surface area (Å²) in [5.74, 6) is -0.978. The first-order valence-electron chi connectivity index (χ1n) is 26.8. The average Bonchev–Trinajstić information content (AvgIpc) is 3.33. The van der Waals surface area contributed by atoms with E-state index in [1.807, 2.05) is 60.8 Å². The number of rotatable bonds is 46. The Balaban J connectivity index is 4.54. The van der Waals surface area contributed by atoms with Crippen molar-refractivity contribution >= 4 is 17.9 Å². The summed E-state index contributed by atoms with van der Waals surface area (Å²) in [5.41, 5.74) is 0. The second-order valence-electron chi connectivity index (χ2n) is 17.2. The second kappa shape index (κ2) is 54.2. The van der Waals surface area contributed by atoms with E-state index in [2.05, 4.69) is 93.7 Å². The van der Waals surface area contributed by atoms with Crippen molar-refractivity contribution < 1.29 is 28.6 Å². The zero-order valence-electron chi connectivity index (χ0n) is 42.9. The van der Waals surface area contributed by atoms with Crippen molar-refractivity contribution in [1.29, 1.82) is 0 Å². The number of allylic oxidation sites excluding steroid dienone is 22. The molecular weight excluding hydrogens is 829 g/mol. The van der Waals surface area contributed by atoms with Crippen molar-refractivity contribution in [2.24, 2.45) is 0 Å². The summed E-state index contributed by atoms with van der Waals surface area (Å²) < 4.78 is 16.8. The van der Waals surface area contributed by atoms with E-state index in [4.69, 9.17) is 14.2 Å². The van der Waals surface area contributed by atoms with Gasteiger partial charge in [0.2, 0.25) is 0 Å². The minimum absolute atomic E-state index is 0.107. The van der Waals surface area contributed by atoms with Gasteiger partial charge in [-0.2, -0.15) is 0 Å². The fourth-order valence-electron chi connectivity index (χ4n) is 6.86.